The molecular weight excluding hydrogens is 464 g/mol. The summed E-state index contributed by atoms with van der Waals surface area (Å²) in [6.45, 7) is 4.04. The largest absolute Gasteiger partial charge is 0.573 e. The second kappa shape index (κ2) is 9.33. The highest BCUT2D eigenvalue weighted by Gasteiger charge is 2.37. The fourth-order valence-electron chi connectivity index (χ4n) is 4.42. The summed E-state index contributed by atoms with van der Waals surface area (Å²) in [6.07, 6.45) is -4.15. The number of alkyl halides is 3. The highest BCUT2D eigenvalue weighted by molar-refractivity contribution is 5.85. The highest BCUT2D eigenvalue weighted by Crippen LogP contribution is 2.37. The van der Waals surface area contributed by atoms with E-state index in [9.17, 15) is 22.4 Å². The van der Waals surface area contributed by atoms with Crippen molar-refractivity contribution in [1.82, 2.24) is 15.1 Å². The summed E-state index contributed by atoms with van der Waals surface area (Å²) in [5.74, 6) is -1.20. The van der Waals surface area contributed by atoms with E-state index in [-0.39, 0.29) is 29.3 Å². The molecular formula is C25H26F4N4O2. The lowest BCUT2D eigenvalue weighted by atomic mass is 9.82. The lowest BCUT2D eigenvalue weighted by molar-refractivity contribution is -0.274. The Labute approximate surface area is 200 Å². The van der Waals surface area contributed by atoms with E-state index in [2.05, 4.69) is 14.9 Å². The van der Waals surface area contributed by atoms with E-state index in [1.807, 2.05) is 6.07 Å². The number of nitrogens with one attached hydrogen (secondary N) is 1. The van der Waals surface area contributed by atoms with Crippen LogP contribution in [-0.2, 0) is 4.79 Å². The van der Waals surface area contributed by atoms with Crippen molar-refractivity contribution in [2.75, 3.05) is 13.1 Å². The molecule has 0 aliphatic carbocycles. The molecule has 1 saturated heterocycles. The van der Waals surface area contributed by atoms with Gasteiger partial charge < -0.3 is 15.4 Å². The Balaban J connectivity index is 1.61. The third-order valence-corrected chi connectivity index (χ3v) is 6.03. The summed E-state index contributed by atoms with van der Waals surface area (Å²) in [5, 5.41) is 7.33. The van der Waals surface area contributed by atoms with Gasteiger partial charge in [-0.3, -0.25) is 9.89 Å². The van der Waals surface area contributed by atoms with Crippen LogP contribution in [0.1, 0.15) is 43.4 Å². The first kappa shape index (κ1) is 24.7. The number of H-pyrrole nitrogens is 1. The molecule has 0 saturated carbocycles. The fraction of sp³-hybridized carbons (Fsp3) is 0.360. The van der Waals surface area contributed by atoms with Crippen LogP contribution in [0.4, 0.5) is 17.6 Å². The number of carbonyl (C=O) groups is 1. The van der Waals surface area contributed by atoms with Crippen LogP contribution in [0.5, 0.6) is 5.75 Å². The van der Waals surface area contributed by atoms with E-state index in [0.717, 1.165) is 11.3 Å². The summed E-state index contributed by atoms with van der Waals surface area (Å²) in [4.78, 5) is 14.7. The van der Waals surface area contributed by atoms with Crippen molar-refractivity contribution in [3.8, 4) is 17.0 Å². The molecule has 3 aromatic rings. The molecule has 1 fully saturated rings. The second-order valence-corrected chi connectivity index (χ2v) is 9.40. The number of nitrogens with zero attached hydrogens (tertiary/aromatic N) is 2. The van der Waals surface area contributed by atoms with E-state index in [1.165, 1.54) is 24.3 Å². The van der Waals surface area contributed by atoms with Gasteiger partial charge in [-0.25, -0.2) is 4.39 Å². The van der Waals surface area contributed by atoms with Crippen LogP contribution < -0.4 is 10.5 Å². The Morgan fingerprint density at radius 1 is 1.09 bits per heavy atom. The standard InChI is InChI=1S/C25H26F4N4O2/c1-24(2,30)23(34)33-13-17(15-6-8-20(9-7-15)35-25(27,28)29)10-18(14-33)22-12-21(31-32-22)16-4-3-5-19(26)11-16/h3-9,11-12,17-18H,10,13-14,30H2,1-2H3,(H,31,32). The third kappa shape index (κ3) is 6.00. The van der Waals surface area contributed by atoms with Crippen LogP contribution in [0.15, 0.2) is 54.6 Å². The minimum absolute atomic E-state index is 0.138. The molecule has 0 radical (unpaired) electrons. The Hall–Kier alpha value is -3.40. The Morgan fingerprint density at radius 2 is 1.77 bits per heavy atom. The van der Waals surface area contributed by atoms with Gasteiger partial charge in [-0.15, -0.1) is 13.2 Å². The Bertz CT molecular complexity index is 1190. The van der Waals surface area contributed by atoms with E-state index in [0.29, 0.717) is 30.8 Å². The number of hydrogen-bond donors (Lipinski definition) is 2. The van der Waals surface area contributed by atoms with Crippen LogP contribution in [-0.4, -0.2) is 46.0 Å². The van der Waals surface area contributed by atoms with Crippen LogP contribution in [0.25, 0.3) is 11.3 Å². The lowest BCUT2D eigenvalue weighted by Crippen LogP contribution is -2.54. The minimum atomic E-state index is -4.77. The predicted molar refractivity (Wildman–Crippen MR) is 122 cm³/mol. The van der Waals surface area contributed by atoms with Crippen LogP contribution in [0, 0.1) is 5.82 Å². The van der Waals surface area contributed by atoms with Crippen molar-refractivity contribution in [2.45, 2.75) is 44.0 Å². The molecule has 2 heterocycles. The van der Waals surface area contributed by atoms with Gasteiger partial charge in [-0.2, -0.15) is 5.10 Å². The van der Waals surface area contributed by atoms with Crippen molar-refractivity contribution in [3.63, 3.8) is 0 Å². The SMILES string of the molecule is CC(C)(N)C(=O)N1CC(c2ccc(OC(F)(F)F)cc2)CC(c2cc(-c3cccc(F)c3)n[nH]2)C1. The number of ether oxygens (including phenoxy) is 1. The Kier molecular flexibility index (Phi) is 6.59. The first-order valence-electron chi connectivity index (χ1n) is 11.1. The molecule has 1 aromatic heterocycles. The zero-order valence-electron chi connectivity index (χ0n) is 19.3. The maximum Gasteiger partial charge on any atom is 0.573 e. The third-order valence-electron chi connectivity index (χ3n) is 6.03. The number of nitrogens with two attached hydrogens (primary N) is 1. The number of carbonyl (C=O) groups excluding carboxylic acids is 1. The number of benzene rings is 2. The average Bonchev–Trinajstić information content (AvgIpc) is 3.28. The van der Waals surface area contributed by atoms with E-state index >= 15 is 0 Å². The Morgan fingerprint density at radius 3 is 2.40 bits per heavy atom. The number of aromatic nitrogens is 2. The number of piperidine rings is 1. The number of aromatic amines is 1. The van der Waals surface area contributed by atoms with Crippen molar-refractivity contribution in [3.05, 3.63) is 71.7 Å². The normalized spacial score (nSPS) is 19.0. The summed E-state index contributed by atoms with van der Waals surface area (Å²) < 4.78 is 55.2. The molecule has 1 amide bonds. The van der Waals surface area contributed by atoms with Crippen molar-refractivity contribution in [1.29, 1.82) is 0 Å². The highest BCUT2D eigenvalue weighted by atomic mass is 19.4. The van der Waals surface area contributed by atoms with Gasteiger partial charge in [0.05, 0.1) is 11.2 Å². The van der Waals surface area contributed by atoms with Gasteiger partial charge >= 0.3 is 6.36 Å². The molecule has 2 atom stereocenters. The topological polar surface area (TPSA) is 84.2 Å². The molecule has 1 aliphatic heterocycles. The maximum atomic E-state index is 13.7. The monoisotopic (exact) mass is 490 g/mol. The van der Waals surface area contributed by atoms with Gasteiger partial charge in [0.2, 0.25) is 5.91 Å². The molecule has 1 aliphatic rings. The van der Waals surface area contributed by atoms with Gasteiger partial charge in [0.25, 0.3) is 0 Å². The predicted octanol–water partition coefficient (Wildman–Crippen LogP) is 4.95. The first-order chi connectivity index (χ1) is 16.4. The zero-order chi connectivity index (χ0) is 25.4. The number of hydrogen-bond acceptors (Lipinski definition) is 4. The average molecular weight is 491 g/mol. The van der Waals surface area contributed by atoms with Gasteiger partial charge in [0.1, 0.15) is 11.6 Å². The molecule has 0 spiro atoms. The zero-order valence-corrected chi connectivity index (χ0v) is 19.3. The number of halogens is 4. The molecule has 0 bridgehead atoms. The number of likely N-dealkylation sites (tertiary alicyclic amines) is 1. The number of rotatable bonds is 5. The van der Waals surface area contributed by atoms with Gasteiger partial charge in [-0.1, -0.05) is 24.3 Å². The van der Waals surface area contributed by atoms with Gasteiger partial charge in [-0.05, 0) is 56.2 Å². The van der Waals surface area contributed by atoms with E-state index in [1.54, 1.807) is 43.0 Å². The van der Waals surface area contributed by atoms with Crippen LogP contribution >= 0.6 is 0 Å². The molecule has 3 N–H and O–H groups in total. The summed E-state index contributed by atoms with van der Waals surface area (Å²) in [5.41, 5.74) is 7.75. The van der Waals surface area contributed by atoms with E-state index < -0.39 is 11.9 Å². The quantitative estimate of drug-likeness (QED) is 0.496. The summed E-state index contributed by atoms with van der Waals surface area (Å²) in [7, 11) is 0. The second-order valence-electron chi connectivity index (χ2n) is 9.40. The van der Waals surface area contributed by atoms with Crippen LogP contribution in [0.3, 0.4) is 0 Å². The smallest absolute Gasteiger partial charge is 0.406 e. The van der Waals surface area contributed by atoms with Crippen molar-refractivity contribution < 1.29 is 27.1 Å². The minimum Gasteiger partial charge on any atom is -0.406 e. The summed E-state index contributed by atoms with van der Waals surface area (Å²) >= 11 is 0. The van der Waals surface area contributed by atoms with Crippen molar-refractivity contribution in [2.24, 2.45) is 5.73 Å². The van der Waals surface area contributed by atoms with Gasteiger partial charge in [0, 0.05) is 36.2 Å². The van der Waals surface area contributed by atoms with E-state index in [4.69, 9.17) is 5.73 Å². The molecule has 2 aromatic carbocycles. The maximum absolute atomic E-state index is 13.7. The summed E-state index contributed by atoms with van der Waals surface area (Å²) in [6, 6.07) is 13.6. The molecule has 35 heavy (non-hydrogen) atoms. The number of amides is 1. The molecule has 186 valence electrons. The first-order valence-corrected chi connectivity index (χ1v) is 11.1. The molecule has 2 unspecified atom stereocenters. The van der Waals surface area contributed by atoms with Crippen molar-refractivity contribution >= 4 is 5.91 Å². The van der Waals surface area contributed by atoms with Gasteiger partial charge in [0.15, 0.2) is 0 Å². The molecule has 6 nitrogen and oxygen atoms in total. The molecule has 4 rings (SSSR count). The fourth-order valence-corrected chi connectivity index (χ4v) is 4.42. The molecule has 10 heteroatoms. The lowest BCUT2D eigenvalue weighted by Gasteiger charge is -2.40. The van der Waals surface area contributed by atoms with Crippen LogP contribution in [0.2, 0.25) is 0 Å².